The van der Waals surface area contributed by atoms with Gasteiger partial charge < -0.3 is 10.1 Å². The van der Waals surface area contributed by atoms with E-state index in [-0.39, 0.29) is 5.97 Å². The molecular weight excluding hydrogens is 178 g/mol. The van der Waals surface area contributed by atoms with E-state index in [1.807, 2.05) is 13.8 Å². The molecule has 82 valence electrons. The Morgan fingerprint density at radius 1 is 1.43 bits per heavy atom. The van der Waals surface area contributed by atoms with Crippen LogP contribution in [0.15, 0.2) is 0 Å². The van der Waals surface area contributed by atoms with E-state index in [9.17, 15) is 4.79 Å². The van der Waals surface area contributed by atoms with Crippen molar-refractivity contribution in [3.8, 4) is 0 Å². The zero-order valence-electron chi connectivity index (χ0n) is 9.21. The van der Waals surface area contributed by atoms with Crippen molar-refractivity contribution in [2.24, 2.45) is 5.92 Å². The lowest BCUT2D eigenvalue weighted by molar-refractivity contribution is -0.144. The Morgan fingerprint density at radius 2 is 2.07 bits per heavy atom. The minimum Gasteiger partial charge on any atom is -0.464 e. The SMILES string of the molecule is CC(C)NCC(=O)OCC1CCCC1. The summed E-state index contributed by atoms with van der Waals surface area (Å²) in [6, 6.07) is 0.342. The van der Waals surface area contributed by atoms with E-state index < -0.39 is 0 Å². The van der Waals surface area contributed by atoms with Gasteiger partial charge in [-0.3, -0.25) is 4.79 Å². The van der Waals surface area contributed by atoms with Gasteiger partial charge in [0.05, 0.1) is 13.2 Å². The summed E-state index contributed by atoms with van der Waals surface area (Å²) in [4.78, 5) is 11.2. The summed E-state index contributed by atoms with van der Waals surface area (Å²) in [5.74, 6) is 0.503. The first-order valence-electron chi connectivity index (χ1n) is 5.57. The molecule has 1 N–H and O–H groups in total. The molecule has 0 aromatic rings. The standard InChI is InChI=1S/C11H21NO2/c1-9(2)12-7-11(13)14-8-10-5-3-4-6-10/h9-10,12H,3-8H2,1-2H3. The average Bonchev–Trinajstić information content (AvgIpc) is 2.63. The van der Waals surface area contributed by atoms with Crippen molar-refractivity contribution in [2.75, 3.05) is 13.2 Å². The van der Waals surface area contributed by atoms with E-state index in [2.05, 4.69) is 5.32 Å². The molecule has 1 fully saturated rings. The highest BCUT2D eigenvalue weighted by Gasteiger charge is 2.16. The summed E-state index contributed by atoms with van der Waals surface area (Å²) in [6.07, 6.45) is 5.05. The van der Waals surface area contributed by atoms with Gasteiger partial charge in [0.2, 0.25) is 0 Å². The van der Waals surface area contributed by atoms with Crippen molar-refractivity contribution in [1.29, 1.82) is 0 Å². The molecule has 1 aliphatic rings. The van der Waals surface area contributed by atoms with Gasteiger partial charge in [-0.15, -0.1) is 0 Å². The molecule has 14 heavy (non-hydrogen) atoms. The third-order valence-electron chi connectivity index (χ3n) is 2.61. The van der Waals surface area contributed by atoms with E-state index >= 15 is 0 Å². The number of hydrogen-bond acceptors (Lipinski definition) is 3. The molecule has 3 nitrogen and oxygen atoms in total. The largest absolute Gasteiger partial charge is 0.464 e. The fraction of sp³-hybridized carbons (Fsp3) is 0.909. The Bertz CT molecular complexity index is 174. The highest BCUT2D eigenvalue weighted by Crippen LogP contribution is 2.24. The van der Waals surface area contributed by atoms with Gasteiger partial charge in [-0.05, 0) is 18.8 Å². The van der Waals surface area contributed by atoms with Crippen LogP contribution in [0.5, 0.6) is 0 Å². The molecule has 0 radical (unpaired) electrons. The van der Waals surface area contributed by atoms with Crippen LogP contribution in [-0.4, -0.2) is 25.2 Å². The Labute approximate surface area is 86.2 Å². The number of hydrogen-bond donors (Lipinski definition) is 1. The molecule has 0 aromatic heterocycles. The number of ether oxygens (including phenoxy) is 1. The first kappa shape index (κ1) is 11.5. The smallest absolute Gasteiger partial charge is 0.319 e. The van der Waals surface area contributed by atoms with Gasteiger partial charge in [-0.25, -0.2) is 0 Å². The molecular formula is C11H21NO2. The maximum absolute atomic E-state index is 11.2. The molecule has 3 heteroatoms. The third kappa shape index (κ3) is 4.61. The molecule has 0 spiro atoms. The van der Waals surface area contributed by atoms with Gasteiger partial charge in [-0.2, -0.15) is 0 Å². The van der Waals surface area contributed by atoms with Crippen molar-refractivity contribution in [3.05, 3.63) is 0 Å². The van der Waals surface area contributed by atoms with E-state index in [1.54, 1.807) is 0 Å². The Balaban J connectivity index is 2.02. The van der Waals surface area contributed by atoms with Crippen molar-refractivity contribution >= 4 is 5.97 Å². The second-order valence-corrected chi connectivity index (χ2v) is 4.37. The number of carbonyl (C=O) groups excluding carboxylic acids is 1. The molecule has 0 aliphatic heterocycles. The predicted molar refractivity (Wildman–Crippen MR) is 56.1 cm³/mol. The fourth-order valence-corrected chi connectivity index (χ4v) is 1.73. The minimum absolute atomic E-state index is 0.120. The first-order chi connectivity index (χ1) is 6.68. The molecule has 0 unspecified atom stereocenters. The van der Waals surface area contributed by atoms with Crippen LogP contribution in [0.1, 0.15) is 39.5 Å². The maximum Gasteiger partial charge on any atom is 0.319 e. The minimum atomic E-state index is -0.120. The monoisotopic (exact) mass is 199 g/mol. The number of rotatable bonds is 5. The van der Waals surface area contributed by atoms with Crippen LogP contribution in [0.3, 0.4) is 0 Å². The number of nitrogens with one attached hydrogen (secondary N) is 1. The quantitative estimate of drug-likeness (QED) is 0.685. The number of carbonyl (C=O) groups is 1. The van der Waals surface area contributed by atoms with Crippen molar-refractivity contribution in [3.63, 3.8) is 0 Å². The Kier molecular flexibility index (Phi) is 4.94. The molecule has 0 bridgehead atoms. The summed E-state index contributed by atoms with van der Waals surface area (Å²) >= 11 is 0. The Morgan fingerprint density at radius 3 is 2.64 bits per heavy atom. The summed E-state index contributed by atoms with van der Waals surface area (Å²) in [5.41, 5.74) is 0. The van der Waals surface area contributed by atoms with E-state index in [0.717, 1.165) is 0 Å². The molecule has 1 saturated carbocycles. The summed E-state index contributed by atoms with van der Waals surface area (Å²) in [7, 11) is 0. The molecule has 0 atom stereocenters. The van der Waals surface area contributed by atoms with Crippen LogP contribution >= 0.6 is 0 Å². The maximum atomic E-state index is 11.2. The predicted octanol–water partition coefficient (Wildman–Crippen LogP) is 1.72. The average molecular weight is 199 g/mol. The molecule has 1 rings (SSSR count). The van der Waals surface area contributed by atoms with Gasteiger partial charge in [0.25, 0.3) is 0 Å². The Hall–Kier alpha value is -0.570. The van der Waals surface area contributed by atoms with Crippen LogP contribution in [0.4, 0.5) is 0 Å². The van der Waals surface area contributed by atoms with E-state index in [1.165, 1.54) is 25.7 Å². The highest BCUT2D eigenvalue weighted by atomic mass is 16.5. The first-order valence-corrected chi connectivity index (χ1v) is 5.57. The lowest BCUT2D eigenvalue weighted by Crippen LogP contribution is -2.31. The van der Waals surface area contributed by atoms with Crippen LogP contribution in [0, 0.1) is 5.92 Å². The molecule has 0 aromatic carbocycles. The molecule has 0 heterocycles. The van der Waals surface area contributed by atoms with Gasteiger partial charge in [0.1, 0.15) is 0 Å². The zero-order valence-corrected chi connectivity index (χ0v) is 9.21. The fourth-order valence-electron chi connectivity index (χ4n) is 1.73. The normalized spacial score (nSPS) is 17.6. The summed E-state index contributed by atoms with van der Waals surface area (Å²) in [6.45, 7) is 5.00. The van der Waals surface area contributed by atoms with Gasteiger partial charge >= 0.3 is 5.97 Å². The number of esters is 1. The van der Waals surface area contributed by atoms with Crippen LogP contribution in [0.2, 0.25) is 0 Å². The molecule has 0 amide bonds. The van der Waals surface area contributed by atoms with E-state index in [0.29, 0.717) is 25.1 Å². The van der Waals surface area contributed by atoms with Gasteiger partial charge in [0, 0.05) is 6.04 Å². The molecule has 1 aliphatic carbocycles. The van der Waals surface area contributed by atoms with Crippen LogP contribution < -0.4 is 5.32 Å². The third-order valence-corrected chi connectivity index (χ3v) is 2.61. The van der Waals surface area contributed by atoms with Crippen molar-refractivity contribution in [1.82, 2.24) is 5.32 Å². The van der Waals surface area contributed by atoms with E-state index in [4.69, 9.17) is 4.74 Å². The van der Waals surface area contributed by atoms with Crippen LogP contribution in [0.25, 0.3) is 0 Å². The molecule has 0 saturated heterocycles. The zero-order chi connectivity index (χ0) is 10.4. The topological polar surface area (TPSA) is 38.3 Å². The lowest BCUT2D eigenvalue weighted by atomic mass is 10.1. The summed E-state index contributed by atoms with van der Waals surface area (Å²) < 4.78 is 5.17. The second kappa shape index (κ2) is 6.02. The second-order valence-electron chi connectivity index (χ2n) is 4.37. The van der Waals surface area contributed by atoms with Crippen molar-refractivity contribution < 1.29 is 9.53 Å². The lowest BCUT2D eigenvalue weighted by Gasteiger charge is -2.11. The van der Waals surface area contributed by atoms with Crippen molar-refractivity contribution in [2.45, 2.75) is 45.6 Å². The van der Waals surface area contributed by atoms with Gasteiger partial charge in [-0.1, -0.05) is 26.7 Å². The highest BCUT2D eigenvalue weighted by molar-refractivity contribution is 5.71. The summed E-state index contributed by atoms with van der Waals surface area (Å²) in [5, 5.41) is 3.05. The van der Waals surface area contributed by atoms with Crippen LogP contribution in [-0.2, 0) is 9.53 Å². The van der Waals surface area contributed by atoms with Gasteiger partial charge in [0.15, 0.2) is 0 Å².